The van der Waals surface area contributed by atoms with Crippen molar-refractivity contribution in [2.45, 2.75) is 24.8 Å². The third kappa shape index (κ3) is 4.80. The van der Waals surface area contributed by atoms with Gasteiger partial charge in [0.05, 0.1) is 11.8 Å². The summed E-state index contributed by atoms with van der Waals surface area (Å²) in [5.41, 5.74) is 2.20. The fourth-order valence-electron chi connectivity index (χ4n) is 2.00. The second-order valence-corrected chi connectivity index (χ2v) is 6.35. The molecule has 2 aromatic rings. The zero-order valence-corrected chi connectivity index (χ0v) is 13.7. The molecule has 2 aromatic carbocycles. The van der Waals surface area contributed by atoms with E-state index in [9.17, 15) is 4.79 Å². The predicted octanol–water partition coefficient (Wildman–Crippen LogP) is 4.62. The number of aryl methyl sites for hydroxylation is 1. The van der Waals surface area contributed by atoms with Crippen LogP contribution in [-0.2, 0) is 4.79 Å². The van der Waals surface area contributed by atoms with E-state index in [-0.39, 0.29) is 11.9 Å². The van der Waals surface area contributed by atoms with E-state index in [1.54, 1.807) is 11.8 Å². The number of carbonyl (C=O) groups excluding carboxylic acids is 1. The van der Waals surface area contributed by atoms with Gasteiger partial charge in [0.1, 0.15) is 0 Å². The van der Waals surface area contributed by atoms with Crippen molar-refractivity contribution < 1.29 is 4.79 Å². The van der Waals surface area contributed by atoms with E-state index in [1.807, 2.05) is 49.4 Å². The Morgan fingerprint density at radius 3 is 2.71 bits per heavy atom. The van der Waals surface area contributed by atoms with Crippen molar-refractivity contribution in [2.75, 3.05) is 5.75 Å². The van der Waals surface area contributed by atoms with E-state index in [0.717, 1.165) is 10.5 Å². The number of nitrogens with one attached hydrogen (secondary N) is 1. The normalized spacial score (nSPS) is 12.0. The van der Waals surface area contributed by atoms with Gasteiger partial charge >= 0.3 is 0 Å². The lowest BCUT2D eigenvalue weighted by atomic mass is 10.1. The number of carbonyl (C=O) groups is 1. The Bertz CT molecular complexity index is 630. The van der Waals surface area contributed by atoms with Gasteiger partial charge in [-0.25, -0.2) is 0 Å². The van der Waals surface area contributed by atoms with Crippen molar-refractivity contribution in [3.63, 3.8) is 0 Å². The molecule has 1 amide bonds. The van der Waals surface area contributed by atoms with Crippen LogP contribution in [0.1, 0.15) is 24.1 Å². The van der Waals surface area contributed by atoms with Gasteiger partial charge in [0.25, 0.3) is 0 Å². The third-order valence-electron chi connectivity index (χ3n) is 3.18. The van der Waals surface area contributed by atoms with Crippen LogP contribution in [0.25, 0.3) is 0 Å². The number of benzene rings is 2. The summed E-state index contributed by atoms with van der Waals surface area (Å²) in [7, 11) is 0. The highest BCUT2D eigenvalue weighted by molar-refractivity contribution is 8.00. The molecule has 0 saturated heterocycles. The Labute approximate surface area is 134 Å². The molecule has 0 fully saturated rings. The first-order valence-corrected chi connectivity index (χ1v) is 8.16. The summed E-state index contributed by atoms with van der Waals surface area (Å²) in [6, 6.07) is 15.6. The lowest BCUT2D eigenvalue weighted by Crippen LogP contribution is -2.28. The SMILES string of the molecule is Cc1ccccc1SCC(=O)N[C@H](C)c1cccc(Cl)c1. The quantitative estimate of drug-likeness (QED) is 0.815. The molecule has 2 nitrogen and oxygen atoms in total. The highest BCUT2D eigenvalue weighted by Gasteiger charge is 2.10. The molecule has 0 radical (unpaired) electrons. The average Bonchev–Trinajstić information content (AvgIpc) is 2.46. The highest BCUT2D eigenvalue weighted by Crippen LogP contribution is 2.22. The minimum Gasteiger partial charge on any atom is -0.349 e. The monoisotopic (exact) mass is 319 g/mol. The molecule has 2 rings (SSSR count). The van der Waals surface area contributed by atoms with Crippen LogP contribution in [0.3, 0.4) is 0 Å². The molecule has 0 aliphatic heterocycles. The number of amides is 1. The molecule has 0 aliphatic carbocycles. The molecule has 21 heavy (non-hydrogen) atoms. The van der Waals surface area contributed by atoms with E-state index in [4.69, 9.17) is 11.6 Å². The minimum absolute atomic E-state index is 0.0238. The molecule has 0 bridgehead atoms. The van der Waals surface area contributed by atoms with Crippen LogP contribution in [0.2, 0.25) is 5.02 Å². The van der Waals surface area contributed by atoms with E-state index in [1.165, 1.54) is 5.56 Å². The molecule has 0 saturated carbocycles. The highest BCUT2D eigenvalue weighted by atomic mass is 35.5. The van der Waals surface area contributed by atoms with E-state index >= 15 is 0 Å². The molecule has 0 aliphatic rings. The molecule has 0 spiro atoms. The van der Waals surface area contributed by atoms with Gasteiger partial charge in [-0.05, 0) is 43.2 Å². The molecule has 0 heterocycles. The molecular formula is C17H18ClNOS. The lowest BCUT2D eigenvalue weighted by Gasteiger charge is -2.14. The van der Waals surface area contributed by atoms with Crippen molar-refractivity contribution in [1.29, 1.82) is 0 Å². The zero-order chi connectivity index (χ0) is 15.2. The van der Waals surface area contributed by atoms with Crippen LogP contribution in [0.5, 0.6) is 0 Å². The topological polar surface area (TPSA) is 29.1 Å². The largest absolute Gasteiger partial charge is 0.349 e. The van der Waals surface area contributed by atoms with Gasteiger partial charge in [-0.3, -0.25) is 4.79 Å². The van der Waals surface area contributed by atoms with Crippen molar-refractivity contribution >= 4 is 29.3 Å². The van der Waals surface area contributed by atoms with Gasteiger partial charge in [-0.1, -0.05) is 41.9 Å². The second kappa shape index (κ2) is 7.53. The number of rotatable bonds is 5. The Morgan fingerprint density at radius 1 is 1.24 bits per heavy atom. The summed E-state index contributed by atoms with van der Waals surface area (Å²) in [4.78, 5) is 13.2. The maximum Gasteiger partial charge on any atom is 0.230 e. The molecule has 1 N–H and O–H groups in total. The zero-order valence-electron chi connectivity index (χ0n) is 12.1. The van der Waals surface area contributed by atoms with Crippen molar-refractivity contribution in [3.05, 3.63) is 64.7 Å². The Hall–Kier alpha value is -1.45. The number of hydrogen-bond acceptors (Lipinski definition) is 2. The number of thioether (sulfide) groups is 1. The first kappa shape index (κ1) is 15.9. The van der Waals surface area contributed by atoms with Crippen LogP contribution < -0.4 is 5.32 Å². The van der Waals surface area contributed by atoms with E-state index < -0.39 is 0 Å². The molecule has 1 atom stereocenters. The van der Waals surface area contributed by atoms with Gasteiger partial charge in [-0.15, -0.1) is 11.8 Å². The van der Waals surface area contributed by atoms with E-state index in [2.05, 4.69) is 18.3 Å². The standard InChI is InChI=1S/C17H18ClNOS/c1-12-6-3-4-9-16(12)21-11-17(20)19-13(2)14-7-5-8-15(18)10-14/h3-10,13H,11H2,1-2H3,(H,19,20)/t13-/m1/s1. The fourth-order valence-corrected chi connectivity index (χ4v) is 3.04. The molecule has 0 aromatic heterocycles. The van der Waals surface area contributed by atoms with Crippen LogP contribution in [0.4, 0.5) is 0 Å². The number of hydrogen-bond donors (Lipinski definition) is 1. The smallest absolute Gasteiger partial charge is 0.230 e. The minimum atomic E-state index is -0.0475. The Kier molecular flexibility index (Phi) is 5.71. The van der Waals surface area contributed by atoms with Gasteiger partial charge in [0.15, 0.2) is 0 Å². The molecule has 0 unspecified atom stereocenters. The summed E-state index contributed by atoms with van der Waals surface area (Å²) in [6.07, 6.45) is 0. The van der Waals surface area contributed by atoms with Gasteiger partial charge in [-0.2, -0.15) is 0 Å². The molecule has 110 valence electrons. The maximum atomic E-state index is 12.0. The second-order valence-electron chi connectivity index (χ2n) is 4.90. The molecule has 4 heteroatoms. The summed E-state index contributed by atoms with van der Waals surface area (Å²) < 4.78 is 0. The molecular weight excluding hydrogens is 302 g/mol. The summed E-state index contributed by atoms with van der Waals surface area (Å²) in [5.74, 6) is 0.436. The number of halogens is 1. The fraction of sp³-hybridized carbons (Fsp3) is 0.235. The van der Waals surface area contributed by atoms with Crippen LogP contribution in [0, 0.1) is 6.92 Å². The van der Waals surface area contributed by atoms with Crippen molar-refractivity contribution in [1.82, 2.24) is 5.32 Å². The predicted molar refractivity (Wildman–Crippen MR) is 89.9 cm³/mol. The maximum absolute atomic E-state index is 12.0. The van der Waals surface area contributed by atoms with Crippen LogP contribution in [0.15, 0.2) is 53.4 Å². The van der Waals surface area contributed by atoms with Gasteiger partial charge < -0.3 is 5.32 Å². The summed E-state index contributed by atoms with van der Waals surface area (Å²) in [6.45, 7) is 4.01. The van der Waals surface area contributed by atoms with Gasteiger partial charge in [0, 0.05) is 9.92 Å². The first-order valence-electron chi connectivity index (χ1n) is 6.79. The Balaban J connectivity index is 1.89. The van der Waals surface area contributed by atoms with Crippen molar-refractivity contribution in [3.8, 4) is 0 Å². The first-order chi connectivity index (χ1) is 10.1. The van der Waals surface area contributed by atoms with Crippen LogP contribution in [-0.4, -0.2) is 11.7 Å². The van der Waals surface area contributed by atoms with Crippen molar-refractivity contribution in [2.24, 2.45) is 0 Å². The van der Waals surface area contributed by atoms with Gasteiger partial charge in [0.2, 0.25) is 5.91 Å². The average molecular weight is 320 g/mol. The van der Waals surface area contributed by atoms with E-state index in [0.29, 0.717) is 10.8 Å². The van der Waals surface area contributed by atoms with Crippen LogP contribution >= 0.6 is 23.4 Å². The lowest BCUT2D eigenvalue weighted by molar-refractivity contribution is -0.119. The summed E-state index contributed by atoms with van der Waals surface area (Å²) >= 11 is 7.52. The summed E-state index contributed by atoms with van der Waals surface area (Å²) in [5, 5.41) is 3.68. The Morgan fingerprint density at radius 2 is 2.00 bits per heavy atom. The third-order valence-corrected chi connectivity index (χ3v) is 4.59.